The third-order valence-corrected chi connectivity index (χ3v) is 5.69. The standard InChI is InChI=1S/C26H26O6/c1-29-23-15-24(30-2)21(11-6-18-7-12-22-25(13-18)32-16-31-22)14-20(23)10-5-17-3-8-19(9-4-17)26(27)28/h3-4,7-9,12-15H,5-6,10-11,16H2,1-2H3,(H,27,28). The molecular formula is C26H26O6. The van der Waals surface area contributed by atoms with Crippen LogP contribution >= 0.6 is 0 Å². The molecule has 6 heteroatoms. The highest BCUT2D eigenvalue weighted by Gasteiger charge is 2.15. The Morgan fingerprint density at radius 3 is 2.00 bits per heavy atom. The van der Waals surface area contributed by atoms with Gasteiger partial charge in [0.25, 0.3) is 0 Å². The molecule has 32 heavy (non-hydrogen) atoms. The molecule has 0 aromatic heterocycles. The number of carboxylic acid groups (broad SMARTS) is 1. The van der Waals surface area contributed by atoms with Crippen LogP contribution in [-0.4, -0.2) is 32.1 Å². The first-order chi connectivity index (χ1) is 15.6. The van der Waals surface area contributed by atoms with E-state index in [-0.39, 0.29) is 6.79 Å². The summed E-state index contributed by atoms with van der Waals surface area (Å²) < 4.78 is 22.1. The largest absolute Gasteiger partial charge is 0.496 e. The molecule has 3 aromatic rings. The number of hydrogen-bond acceptors (Lipinski definition) is 5. The van der Waals surface area contributed by atoms with Crippen molar-refractivity contribution in [3.05, 3.63) is 82.4 Å². The molecule has 0 spiro atoms. The quantitative estimate of drug-likeness (QED) is 0.526. The first-order valence-electron chi connectivity index (χ1n) is 10.5. The highest BCUT2D eigenvalue weighted by Crippen LogP contribution is 2.34. The summed E-state index contributed by atoms with van der Waals surface area (Å²) in [5.74, 6) is 2.25. The second kappa shape index (κ2) is 9.64. The molecule has 0 fully saturated rings. The molecule has 0 radical (unpaired) electrons. The maximum Gasteiger partial charge on any atom is 0.335 e. The van der Waals surface area contributed by atoms with E-state index in [1.54, 1.807) is 26.4 Å². The van der Waals surface area contributed by atoms with Crippen molar-refractivity contribution < 1.29 is 28.8 Å². The van der Waals surface area contributed by atoms with E-state index in [4.69, 9.17) is 24.1 Å². The summed E-state index contributed by atoms with van der Waals surface area (Å²) in [4.78, 5) is 11.1. The maximum absolute atomic E-state index is 11.1. The monoisotopic (exact) mass is 434 g/mol. The number of ether oxygens (including phenoxy) is 4. The number of fused-ring (bicyclic) bond motifs is 1. The molecule has 4 rings (SSSR count). The van der Waals surface area contributed by atoms with Crippen molar-refractivity contribution in [3.63, 3.8) is 0 Å². The molecule has 0 aliphatic carbocycles. The molecule has 1 aliphatic heterocycles. The minimum atomic E-state index is -0.916. The molecule has 1 aliphatic rings. The smallest absolute Gasteiger partial charge is 0.335 e. The molecule has 0 unspecified atom stereocenters. The predicted octanol–water partition coefficient (Wildman–Crippen LogP) is 4.70. The summed E-state index contributed by atoms with van der Waals surface area (Å²) in [7, 11) is 3.33. The van der Waals surface area contributed by atoms with Crippen LogP contribution in [0.5, 0.6) is 23.0 Å². The third kappa shape index (κ3) is 4.80. The van der Waals surface area contributed by atoms with E-state index >= 15 is 0 Å². The van der Waals surface area contributed by atoms with Gasteiger partial charge in [-0.2, -0.15) is 0 Å². The van der Waals surface area contributed by atoms with Crippen molar-refractivity contribution in [2.24, 2.45) is 0 Å². The Morgan fingerprint density at radius 1 is 0.781 bits per heavy atom. The highest BCUT2D eigenvalue weighted by molar-refractivity contribution is 5.87. The average molecular weight is 434 g/mol. The topological polar surface area (TPSA) is 74.2 Å². The van der Waals surface area contributed by atoms with Crippen LogP contribution in [0.25, 0.3) is 0 Å². The van der Waals surface area contributed by atoms with Crippen LogP contribution in [0.15, 0.2) is 54.6 Å². The molecule has 0 atom stereocenters. The zero-order valence-electron chi connectivity index (χ0n) is 18.2. The van der Waals surface area contributed by atoms with Crippen molar-refractivity contribution >= 4 is 5.97 Å². The first kappa shape index (κ1) is 21.6. The third-order valence-electron chi connectivity index (χ3n) is 5.69. The fourth-order valence-corrected chi connectivity index (χ4v) is 3.90. The summed E-state index contributed by atoms with van der Waals surface area (Å²) in [5, 5.41) is 9.07. The Kier molecular flexibility index (Phi) is 6.50. The lowest BCUT2D eigenvalue weighted by Crippen LogP contribution is -2.02. The zero-order valence-corrected chi connectivity index (χ0v) is 18.2. The summed E-state index contributed by atoms with van der Waals surface area (Å²) in [6.45, 7) is 0.271. The lowest BCUT2D eigenvalue weighted by molar-refractivity contribution is 0.0697. The fraction of sp³-hybridized carbons (Fsp3) is 0.269. The van der Waals surface area contributed by atoms with E-state index in [0.29, 0.717) is 5.56 Å². The summed E-state index contributed by atoms with van der Waals surface area (Å²) in [6.07, 6.45) is 3.21. The minimum absolute atomic E-state index is 0.271. The summed E-state index contributed by atoms with van der Waals surface area (Å²) in [5.41, 5.74) is 4.75. The second-order valence-electron chi connectivity index (χ2n) is 7.67. The van der Waals surface area contributed by atoms with Gasteiger partial charge in [0.2, 0.25) is 6.79 Å². The number of hydrogen-bond donors (Lipinski definition) is 1. The number of aryl methyl sites for hydroxylation is 4. The number of carboxylic acids is 1. The summed E-state index contributed by atoms with van der Waals surface area (Å²) >= 11 is 0. The lowest BCUT2D eigenvalue weighted by Gasteiger charge is -2.15. The van der Waals surface area contributed by atoms with Gasteiger partial charge >= 0.3 is 5.97 Å². The van der Waals surface area contributed by atoms with E-state index in [0.717, 1.165) is 65.4 Å². The number of benzene rings is 3. The number of rotatable bonds is 9. The van der Waals surface area contributed by atoms with Crippen LogP contribution in [0.1, 0.15) is 32.6 Å². The average Bonchev–Trinajstić information content (AvgIpc) is 3.29. The maximum atomic E-state index is 11.1. The lowest BCUT2D eigenvalue weighted by atomic mass is 9.97. The van der Waals surface area contributed by atoms with Crippen LogP contribution in [0.3, 0.4) is 0 Å². The van der Waals surface area contributed by atoms with E-state index in [1.165, 1.54) is 5.56 Å². The minimum Gasteiger partial charge on any atom is -0.496 e. The zero-order chi connectivity index (χ0) is 22.5. The van der Waals surface area contributed by atoms with E-state index in [1.807, 2.05) is 30.3 Å². The molecule has 1 heterocycles. The molecule has 3 aromatic carbocycles. The highest BCUT2D eigenvalue weighted by atomic mass is 16.7. The van der Waals surface area contributed by atoms with Gasteiger partial charge in [-0.3, -0.25) is 0 Å². The van der Waals surface area contributed by atoms with Crippen LogP contribution in [0.2, 0.25) is 0 Å². The normalized spacial score (nSPS) is 11.9. The fourth-order valence-electron chi connectivity index (χ4n) is 3.90. The van der Waals surface area contributed by atoms with Gasteiger partial charge in [0.1, 0.15) is 11.5 Å². The van der Waals surface area contributed by atoms with E-state index < -0.39 is 5.97 Å². The molecule has 1 N–H and O–H groups in total. The molecule has 0 saturated carbocycles. The molecule has 6 nitrogen and oxygen atoms in total. The van der Waals surface area contributed by atoms with Crippen LogP contribution < -0.4 is 18.9 Å². The molecule has 166 valence electrons. The van der Waals surface area contributed by atoms with Crippen LogP contribution in [0, 0.1) is 0 Å². The van der Waals surface area contributed by atoms with Gasteiger partial charge < -0.3 is 24.1 Å². The predicted molar refractivity (Wildman–Crippen MR) is 120 cm³/mol. The Morgan fingerprint density at radius 2 is 1.38 bits per heavy atom. The molecule has 0 amide bonds. The van der Waals surface area contributed by atoms with Crippen molar-refractivity contribution in [1.82, 2.24) is 0 Å². The van der Waals surface area contributed by atoms with Gasteiger partial charge in [0, 0.05) is 6.07 Å². The molecule has 0 saturated heterocycles. The van der Waals surface area contributed by atoms with Gasteiger partial charge in [-0.25, -0.2) is 4.79 Å². The van der Waals surface area contributed by atoms with Gasteiger partial charge in [-0.1, -0.05) is 18.2 Å². The molecule has 0 bridgehead atoms. The van der Waals surface area contributed by atoms with Crippen LogP contribution in [0.4, 0.5) is 0 Å². The van der Waals surface area contributed by atoms with Gasteiger partial charge in [-0.15, -0.1) is 0 Å². The van der Waals surface area contributed by atoms with Crippen molar-refractivity contribution in [1.29, 1.82) is 0 Å². The van der Waals surface area contributed by atoms with Crippen molar-refractivity contribution in [2.45, 2.75) is 25.7 Å². The number of aromatic carboxylic acids is 1. The van der Waals surface area contributed by atoms with Crippen molar-refractivity contribution in [3.8, 4) is 23.0 Å². The van der Waals surface area contributed by atoms with Gasteiger partial charge in [-0.05, 0) is 78.3 Å². The van der Waals surface area contributed by atoms with Gasteiger partial charge in [0.15, 0.2) is 11.5 Å². The first-order valence-corrected chi connectivity index (χ1v) is 10.5. The van der Waals surface area contributed by atoms with E-state index in [9.17, 15) is 4.79 Å². The second-order valence-corrected chi connectivity index (χ2v) is 7.67. The number of methoxy groups -OCH3 is 2. The molecular weight excluding hydrogens is 408 g/mol. The Labute approximate surface area is 187 Å². The van der Waals surface area contributed by atoms with Gasteiger partial charge in [0.05, 0.1) is 19.8 Å². The summed E-state index contributed by atoms with van der Waals surface area (Å²) in [6, 6.07) is 17.1. The van der Waals surface area contributed by atoms with Crippen LogP contribution in [-0.2, 0) is 25.7 Å². The number of carbonyl (C=O) groups is 1. The van der Waals surface area contributed by atoms with Crippen molar-refractivity contribution in [2.75, 3.05) is 21.0 Å². The Hall–Kier alpha value is -3.67. The SMILES string of the molecule is COc1cc(OC)c(CCc2ccc3c(c2)OCO3)cc1CCc1ccc(C(=O)O)cc1. The van der Waals surface area contributed by atoms with E-state index in [2.05, 4.69) is 12.1 Å². The Balaban J connectivity index is 1.49. The Bertz CT molecular complexity index is 1100.